The van der Waals surface area contributed by atoms with Gasteiger partial charge in [0.2, 0.25) is 0 Å². The van der Waals surface area contributed by atoms with Gasteiger partial charge < -0.3 is 10.4 Å². The third-order valence-electron chi connectivity index (χ3n) is 2.68. The number of aliphatic hydroxyl groups excluding tert-OH is 1. The van der Waals surface area contributed by atoms with Crippen LogP contribution in [-0.2, 0) is 9.59 Å². The predicted molar refractivity (Wildman–Crippen MR) is 83.2 cm³/mol. The van der Waals surface area contributed by atoms with Gasteiger partial charge >= 0.3 is 0 Å². The van der Waals surface area contributed by atoms with E-state index >= 15 is 0 Å². The van der Waals surface area contributed by atoms with Crippen molar-refractivity contribution in [2.24, 2.45) is 4.99 Å². The summed E-state index contributed by atoms with van der Waals surface area (Å²) in [5.74, 6) is -2.26. The zero-order chi connectivity index (χ0) is 16.7. The highest BCUT2D eigenvalue weighted by Gasteiger charge is 2.17. The summed E-state index contributed by atoms with van der Waals surface area (Å²) in [6, 6.07) is 0. The van der Waals surface area contributed by atoms with Crippen LogP contribution in [0, 0.1) is 0 Å². The molecule has 0 aliphatic heterocycles. The average Bonchev–Trinajstić information content (AvgIpc) is 2.65. The molecule has 1 amide bonds. The van der Waals surface area contributed by atoms with Crippen LogP contribution in [0.15, 0.2) is 52.2 Å². The van der Waals surface area contributed by atoms with Gasteiger partial charge in [0.25, 0.3) is 5.91 Å². The number of carbonyl (C=O) groups is 2. The van der Waals surface area contributed by atoms with Crippen LogP contribution in [0.2, 0.25) is 0 Å². The van der Waals surface area contributed by atoms with Crippen LogP contribution in [0.5, 0.6) is 0 Å². The molecule has 1 aliphatic carbocycles. The number of Topliss-reactive ketones (excluding diaryl/α,β-unsaturated/α-hetero) is 1. The Morgan fingerprint density at radius 3 is 2.59 bits per heavy atom. The number of hydrogen-bond acceptors (Lipinski definition) is 4. The van der Waals surface area contributed by atoms with Crippen molar-refractivity contribution < 1.29 is 19.1 Å². The summed E-state index contributed by atoms with van der Waals surface area (Å²) in [6.07, 6.45) is 6.45. The first-order valence-corrected chi connectivity index (χ1v) is 6.77. The molecule has 0 aromatic rings. The second kappa shape index (κ2) is 8.07. The first-order chi connectivity index (χ1) is 10.3. The molecule has 1 rings (SSSR count). The number of rotatable bonds is 5. The lowest BCUT2D eigenvalue weighted by molar-refractivity contribution is -0.119. The molecule has 2 N–H and O–H groups in total. The Labute approximate surface area is 128 Å². The smallest absolute Gasteiger partial charge is 0.274 e. The summed E-state index contributed by atoms with van der Waals surface area (Å²) in [5.41, 5.74) is 0.892. The second-order valence-corrected chi connectivity index (χ2v) is 4.96. The van der Waals surface area contributed by atoms with Gasteiger partial charge in [-0.3, -0.25) is 9.59 Å². The van der Waals surface area contributed by atoms with E-state index in [1.165, 1.54) is 6.08 Å². The van der Waals surface area contributed by atoms with Crippen LogP contribution in [0.25, 0.3) is 0 Å². The van der Waals surface area contributed by atoms with E-state index in [9.17, 15) is 19.1 Å². The van der Waals surface area contributed by atoms with Crippen molar-refractivity contribution >= 4 is 17.4 Å². The minimum atomic E-state index is -0.685. The van der Waals surface area contributed by atoms with Crippen molar-refractivity contribution in [2.75, 3.05) is 6.54 Å². The van der Waals surface area contributed by atoms with Crippen LogP contribution in [0.1, 0.15) is 27.2 Å². The summed E-state index contributed by atoms with van der Waals surface area (Å²) < 4.78 is 13.1. The lowest BCUT2D eigenvalue weighted by atomic mass is 10.2. The van der Waals surface area contributed by atoms with Gasteiger partial charge in [-0.25, -0.2) is 9.38 Å². The van der Waals surface area contributed by atoms with E-state index in [-0.39, 0.29) is 24.5 Å². The number of nitrogens with one attached hydrogen (secondary N) is 1. The fraction of sp³-hybridized carbons (Fsp3) is 0.312. The molecule has 0 bridgehead atoms. The standard InChI is InChI=1S/C16H19FN2O3/c1-10(2)19-14(15(21)11(3)20)16(22)18-9-12-5-4-6-13(17)8-7-12/h4-5,7-8,21H,6,9H2,1-3H3,(H,18,22)/b15-14+. The molecular formula is C16H19FN2O3. The predicted octanol–water partition coefficient (Wildman–Crippen LogP) is 2.68. The highest BCUT2D eigenvalue weighted by molar-refractivity contribution is 6.04. The van der Waals surface area contributed by atoms with Gasteiger partial charge in [-0.1, -0.05) is 18.2 Å². The third kappa shape index (κ3) is 5.47. The van der Waals surface area contributed by atoms with Gasteiger partial charge in [0.15, 0.2) is 17.2 Å². The molecule has 5 nitrogen and oxygen atoms in total. The number of nitrogens with zero attached hydrogens (tertiary/aromatic N) is 1. The molecule has 0 aromatic carbocycles. The van der Waals surface area contributed by atoms with E-state index in [4.69, 9.17) is 0 Å². The maximum absolute atomic E-state index is 13.1. The number of hydrogen-bond donors (Lipinski definition) is 2. The molecule has 22 heavy (non-hydrogen) atoms. The van der Waals surface area contributed by atoms with Crippen LogP contribution in [0.3, 0.4) is 0 Å². The summed E-state index contributed by atoms with van der Waals surface area (Å²) in [7, 11) is 0. The van der Waals surface area contributed by atoms with E-state index in [1.807, 2.05) is 0 Å². The van der Waals surface area contributed by atoms with Gasteiger partial charge in [0.1, 0.15) is 5.83 Å². The molecule has 1 aliphatic rings. The second-order valence-electron chi connectivity index (χ2n) is 4.96. The van der Waals surface area contributed by atoms with E-state index < -0.39 is 17.4 Å². The van der Waals surface area contributed by atoms with Crippen LogP contribution in [0.4, 0.5) is 4.39 Å². The number of halogens is 1. The van der Waals surface area contributed by atoms with Crippen molar-refractivity contribution in [1.82, 2.24) is 5.32 Å². The Morgan fingerprint density at radius 2 is 2.00 bits per heavy atom. The number of ketones is 1. The van der Waals surface area contributed by atoms with E-state index in [0.717, 1.165) is 6.92 Å². The number of allylic oxidation sites excluding steroid dienone is 5. The highest BCUT2D eigenvalue weighted by Crippen LogP contribution is 2.12. The molecule has 0 spiro atoms. The first kappa shape index (κ1) is 17.6. The minimum Gasteiger partial charge on any atom is -0.503 e. The van der Waals surface area contributed by atoms with Gasteiger partial charge in [0.05, 0.1) is 0 Å². The van der Waals surface area contributed by atoms with E-state index in [1.54, 1.807) is 32.1 Å². The van der Waals surface area contributed by atoms with Crippen molar-refractivity contribution in [1.29, 1.82) is 0 Å². The summed E-state index contributed by atoms with van der Waals surface area (Å²) in [5, 5.41) is 12.2. The zero-order valence-corrected chi connectivity index (χ0v) is 12.8. The molecule has 0 fully saturated rings. The fourth-order valence-electron chi connectivity index (χ4n) is 1.63. The Kier molecular flexibility index (Phi) is 6.44. The van der Waals surface area contributed by atoms with Gasteiger partial charge in [-0.15, -0.1) is 0 Å². The van der Waals surface area contributed by atoms with Crippen LogP contribution >= 0.6 is 0 Å². The monoisotopic (exact) mass is 306 g/mol. The molecule has 6 heteroatoms. The first-order valence-electron chi connectivity index (χ1n) is 6.77. The molecule has 0 aromatic heterocycles. The molecule has 0 atom stereocenters. The molecule has 0 saturated carbocycles. The van der Waals surface area contributed by atoms with Crippen molar-refractivity contribution in [3.05, 3.63) is 47.2 Å². The van der Waals surface area contributed by atoms with Gasteiger partial charge in [-0.05, 0) is 25.5 Å². The SMILES string of the molecule is CC(=O)/C(O)=C(\N=C(C)C)C(=O)NCC1=CC=C(F)CC=C1. The highest BCUT2D eigenvalue weighted by atomic mass is 19.1. The minimum absolute atomic E-state index is 0.131. The number of aliphatic hydroxyl groups is 1. The lowest BCUT2D eigenvalue weighted by Gasteiger charge is -2.08. The normalized spacial score (nSPS) is 15.1. The largest absolute Gasteiger partial charge is 0.503 e. The van der Waals surface area contributed by atoms with Crippen molar-refractivity contribution in [2.45, 2.75) is 27.2 Å². The summed E-state index contributed by atoms with van der Waals surface area (Å²) >= 11 is 0. The fourth-order valence-corrected chi connectivity index (χ4v) is 1.63. The third-order valence-corrected chi connectivity index (χ3v) is 2.68. The molecule has 0 unspecified atom stereocenters. The summed E-state index contributed by atoms with van der Waals surface area (Å²) in [6.45, 7) is 4.56. The Bertz CT molecular complexity index is 621. The summed E-state index contributed by atoms with van der Waals surface area (Å²) in [4.78, 5) is 27.2. The molecule has 118 valence electrons. The Hall–Kier alpha value is -2.50. The topological polar surface area (TPSA) is 78.8 Å². The molecule has 0 radical (unpaired) electrons. The maximum Gasteiger partial charge on any atom is 0.274 e. The van der Waals surface area contributed by atoms with Crippen molar-refractivity contribution in [3.63, 3.8) is 0 Å². The van der Waals surface area contributed by atoms with E-state index in [2.05, 4.69) is 10.3 Å². The van der Waals surface area contributed by atoms with Crippen molar-refractivity contribution in [3.8, 4) is 0 Å². The molecule has 0 heterocycles. The average molecular weight is 306 g/mol. The molecular weight excluding hydrogens is 287 g/mol. The Balaban J connectivity index is 2.88. The van der Waals surface area contributed by atoms with Gasteiger partial charge in [0, 0.05) is 25.6 Å². The maximum atomic E-state index is 13.1. The number of carbonyl (C=O) groups excluding carboxylic acids is 2. The lowest BCUT2D eigenvalue weighted by Crippen LogP contribution is -2.28. The van der Waals surface area contributed by atoms with Gasteiger partial charge in [-0.2, -0.15) is 0 Å². The van der Waals surface area contributed by atoms with Crippen LogP contribution < -0.4 is 5.32 Å². The Morgan fingerprint density at radius 1 is 1.32 bits per heavy atom. The quantitative estimate of drug-likeness (QED) is 0.465. The zero-order valence-electron chi connectivity index (χ0n) is 12.8. The molecule has 0 saturated heterocycles. The number of aliphatic imine (C=N–C) groups is 1. The van der Waals surface area contributed by atoms with Crippen LogP contribution in [-0.4, -0.2) is 29.1 Å². The van der Waals surface area contributed by atoms with E-state index in [0.29, 0.717) is 11.3 Å². The number of amides is 1.